The number of rotatable bonds is 6. The molecule has 2 aromatic carbocycles. The van der Waals surface area contributed by atoms with Crippen LogP contribution in [0.4, 0.5) is 11.4 Å². The SMILES string of the molecule is CCCc1c(C(=O)Nc2ccc(NC(C)=O)cc2Cl)nnn1-c1cccc(Cl)c1. The summed E-state index contributed by atoms with van der Waals surface area (Å²) in [5.74, 6) is -0.629. The van der Waals surface area contributed by atoms with Crippen molar-refractivity contribution >= 4 is 46.4 Å². The summed E-state index contributed by atoms with van der Waals surface area (Å²) in [6.45, 7) is 3.41. The number of amides is 2. The van der Waals surface area contributed by atoms with Gasteiger partial charge in [-0.2, -0.15) is 0 Å². The molecule has 0 fully saturated rings. The molecular formula is C20H19Cl2N5O2. The van der Waals surface area contributed by atoms with E-state index in [0.717, 1.165) is 12.1 Å². The zero-order valence-electron chi connectivity index (χ0n) is 15.9. The van der Waals surface area contributed by atoms with E-state index in [9.17, 15) is 9.59 Å². The van der Waals surface area contributed by atoms with Crippen molar-refractivity contribution in [3.8, 4) is 5.69 Å². The molecule has 2 amide bonds. The number of halogens is 2. The molecule has 150 valence electrons. The van der Waals surface area contributed by atoms with Crippen LogP contribution in [0.1, 0.15) is 36.5 Å². The predicted octanol–water partition coefficient (Wildman–Crippen LogP) is 4.74. The van der Waals surface area contributed by atoms with E-state index >= 15 is 0 Å². The lowest BCUT2D eigenvalue weighted by atomic mass is 10.2. The highest BCUT2D eigenvalue weighted by Crippen LogP contribution is 2.26. The van der Waals surface area contributed by atoms with Crippen LogP contribution < -0.4 is 10.6 Å². The summed E-state index contributed by atoms with van der Waals surface area (Å²) in [5, 5.41) is 14.5. The van der Waals surface area contributed by atoms with Crippen LogP contribution in [0.3, 0.4) is 0 Å². The van der Waals surface area contributed by atoms with Crippen molar-refractivity contribution in [3.63, 3.8) is 0 Å². The van der Waals surface area contributed by atoms with E-state index in [1.807, 2.05) is 19.1 Å². The third kappa shape index (κ3) is 4.93. The van der Waals surface area contributed by atoms with E-state index in [4.69, 9.17) is 23.2 Å². The maximum absolute atomic E-state index is 12.9. The van der Waals surface area contributed by atoms with Crippen molar-refractivity contribution in [3.05, 3.63) is 63.9 Å². The fourth-order valence-corrected chi connectivity index (χ4v) is 3.25. The summed E-state index contributed by atoms with van der Waals surface area (Å²) >= 11 is 12.3. The van der Waals surface area contributed by atoms with Gasteiger partial charge in [0.1, 0.15) is 0 Å². The zero-order chi connectivity index (χ0) is 21.0. The number of nitrogens with zero attached hydrogens (tertiary/aromatic N) is 3. The van der Waals surface area contributed by atoms with Gasteiger partial charge in [-0.15, -0.1) is 5.10 Å². The molecule has 3 aromatic rings. The number of carbonyl (C=O) groups is 2. The number of benzene rings is 2. The highest BCUT2D eigenvalue weighted by Gasteiger charge is 2.21. The maximum Gasteiger partial charge on any atom is 0.278 e. The maximum atomic E-state index is 12.9. The average molecular weight is 432 g/mol. The van der Waals surface area contributed by atoms with Crippen LogP contribution in [0.15, 0.2) is 42.5 Å². The van der Waals surface area contributed by atoms with Gasteiger partial charge in [0.05, 0.1) is 22.1 Å². The van der Waals surface area contributed by atoms with Crippen LogP contribution in [0.25, 0.3) is 5.69 Å². The Morgan fingerprint density at radius 3 is 2.55 bits per heavy atom. The van der Waals surface area contributed by atoms with Gasteiger partial charge in [0.15, 0.2) is 5.69 Å². The Bertz CT molecular complexity index is 1060. The first-order valence-electron chi connectivity index (χ1n) is 8.98. The lowest BCUT2D eigenvalue weighted by Crippen LogP contribution is -2.16. The number of nitrogens with one attached hydrogen (secondary N) is 2. The Morgan fingerprint density at radius 1 is 1.10 bits per heavy atom. The topological polar surface area (TPSA) is 88.9 Å². The average Bonchev–Trinajstić information content (AvgIpc) is 3.07. The second kappa shape index (κ2) is 9.07. The van der Waals surface area contributed by atoms with Crippen molar-refractivity contribution in [2.24, 2.45) is 0 Å². The van der Waals surface area contributed by atoms with Gasteiger partial charge in [-0.1, -0.05) is 47.8 Å². The fraction of sp³-hybridized carbons (Fsp3) is 0.200. The minimum atomic E-state index is -0.420. The molecule has 0 radical (unpaired) electrons. The molecule has 0 bridgehead atoms. The van der Waals surface area contributed by atoms with E-state index in [1.165, 1.54) is 6.92 Å². The third-order valence-electron chi connectivity index (χ3n) is 4.06. The minimum Gasteiger partial charge on any atom is -0.326 e. The first kappa shape index (κ1) is 20.8. The van der Waals surface area contributed by atoms with Crippen LogP contribution in [0.2, 0.25) is 10.0 Å². The Kier molecular flexibility index (Phi) is 6.51. The molecule has 0 atom stereocenters. The summed E-state index contributed by atoms with van der Waals surface area (Å²) in [7, 11) is 0. The normalized spacial score (nSPS) is 10.6. The summed E-state index contributed by atoms with van der Waals surface area (Å²) in [4.78, 5) is 24.0. The molecular weight excluding hydrogens is 413 g/mol. The van der Waals surface area contributed by atoms with Gasteiger partial charge in [0.2, 0.25) is 5.91 Å². The number of hydrogen-bond donors (Lipinski definition) is 2. The quantitative estimate of drug-likeness (QED) is 0.589. The molecule has 0 aliphatic rings. The summed E-state index contributed by atoms with van der Waals surface area (Å²) < 4.78 is 1.62. The Hall–Kier alpha value is -2.90. The molecule has 1 heterocycles. The Labute approximate surface area is 178 Å². The summed E-state index contributed by atoms with van der Waals surface area (Å²) in [6.07, 6.45) is 1.41. The number of carbonyl (C=O) groups excluding carboxylic acids is 2. The summed E-state index contributed by atoms with van der Waals surface area (Å²) in [6, 6.07) is 12.0. The molecule has 1 aromatic heterocycles. The first-order chi connectivity index (χ1) is 13.9. The fourth-order valence-electron chi connectivity index (χ4n) is 2.83. The van der Waals surface area contributed by atoms with Gasteiger partial charge < -0.3 is 10.6 Å². The zero-order valence-corrected chi connectivity index (χ0v) is 17.4. The molecule has 0 aliphatic carbocycles. The van der Waals surface area contributed by atoms with Gasteiger partial charge in [-0.3, -0.25) is 9.59 Å². The van der Waals surface area contributed by atoms with Gasteiger partial charge in [0.25, 0.3) is 5.91 Å². The van der Waals surface area contributed by atoms with Gasteiger partial charge in [-0.25, -0.2) is 4.68 Å². The monoisotopic (exact) mass is 431 g/mol. The minimum absolute atomic E-state index is 0.209. The molecule has 0 unspecified atom stereocenters. The van der Waals surface area contributed by atoms with E-state index < -0.39 is 5.91 Å². The highest BCUT2D eigenvalue weighted by molar-refractivity contribution is 6.34. The lowest BCUT2D eigenvalue weighted by molar-refractivity contribution is -0.114. The second-order valence-corrected chi connectivity index (χ2v) is 7.20. The molecule has 0 aliphatic heterocycles. The van der Waals surface area contributed by atoms with Crippen molar-refractivity contribution in [1.82, 2.24) is 15.0 Å². The number of anilines is 2. The van der Waals surface area contributed by atoms with Gasteiger partial charge in [-0.05, 0) is 42.8 Å². The molecule has 9 heteroatoms. The van der Waals surface area contributed by atoms with E-state index in [2.05, 4.69) is 20.9 Å². The Morgan fingerprint density at radius 2 is 1.90 bits per heavy atom. The van der Waals surface area contributed by atoms with Crippen molar-refractivity contribution in [2.75, 3.05) is 10.6 Å². The third-order valence-corrected chi connectivity index (χ3v) is 4.60. The first-order valence-corrected chi connectivity index (χ1v) is 9.73. The van der Waals surface area contributed by atoms with Crippen LogP contribution >= 0.6 is 23.2 Å². The molecule has 0 saturated heterocycles. The van der Waals surface area contributed by atoms with Crippen LogP contribution in [-0.2, 0) is 11.2 Å². The Balaban J connectivity index is 1.89. The van der Waals surface area contributed by atoms with Crippen LogP contribution in [-0.4, -0.2) is 26.8 Å². The lowest BCUT2D eigenvalue weighted by Gasteiger charge is -2.10. The predicted molar refractivity (Wildman–Crippen MR) is 114 cm³/mol. The van der Waals surface area contributed by atoms with Gasteiger partial charge in [0, 0.05) is 17.6 Å². The van der Waals surface area contributed by atoms with Gasteiger partial charge >= 0.3 is 0 Å². The van der Waals surface area contributed by atoms with E-state index in [1.54, 1.807) is 35.0 Å². The van der Waals surface area contributed by atoms with E-state index in [-0.39, 0.29) is 11.6 Å². The highest BCUT2D eigenvalue weighted by atomic mass is 35.5. The van der Waals surface area contributed by atoms with Crippen molar-refractivity contribution in [1.29, 1.82) is 0 Å². The molecule has 7 nitrogen and oxygen atoms in total. The van der Waals surface area contributed by atoms with Crippen LogP contribution in [0.5, 0.6) is 0 Å². The molecule has 29 heavy (non-hydrogen) atoms. The van der Waals surface area contributed by atoms with Crippen molar-refractivity contribution < 1.29 is 9.59 Å². The standard InChI is InChI=1S/C20H19Cl2N5O2/c1-3-5-18-19(25-26-27(18)15-7-4-6-13(21)10-15)20(29)24-17-9-8-14(11-16(17)22)23-12(2)28/h4,6-11H,3,5H2,1-2H3,(H,23,28)(H,24,29). The number of hydrogen-bond acceptors (Lipinski definition) is 4. The molecule has 0 spiro atoms. The van der Waals surface area contributed by atoms with Crippen LogP contribution in [0, 0.1) is 0 Å². The summed E-state index contributed by atoms with van der Waals surface area (Å²) in [5.41, 5.74) is 2.57. The smallest absolute Gasteiger partial charge is 0.278 e. The van der Waals surface area contributed by atoms with E-state index in [0.29, 0.717) is 33.5 Å². The molecule has 3 rings (SSSR count). The number of aromatic nitrogens is 3. The van der Waals surface area contributed by atoms with Crippen molar-refractivity contribution in [2.45, 2.75) is 26.7 Å². The molecule has 2 N–H and O–H groups in total. The molecule has 0 saturated carbocycles. The second-order valence-electron chi connectivity index (χ2n) is 6.36. The largest absolute Gasteiger partial charge is 0.326 e.